The third-order valence-electron chi connectivity index (χ3n) is 2.13. The molecule has 0 aliphatic carbocycles. The zero-order valence-corrected chi connectivity index (χ0v) is 8.41. The SMILES string of the molecule is Cc1cc(-c2cc[c]cc2)cc(C)n1. The molecule has 0 aliphatic rings. The Morgan fingerprint density at radius 1 is 0.929 bits per heavy atom. The van der Waals surface area contributed by atoms with Crippen LogP contribution in [0.3, 0.4) is 0 Å². The molecule has 0 bridgehead atoms. The predicted molar refractivity (Wildman–Crippen MR) is 58.0 cm³/mol. The number of rotatable bonds is 1. The van der Waals surface area contributed by atoms with Crippen LogP contribution in [0.5, 0.6) is 0 Å². The Morgan fingerprint density at radius 2 is 1.50 bits per heavy atom. The average Bonchev–Trinajstić information content (AvgIpc) is 2.18. The molecule has 0 fully saturated rings. The van der Waals surface area contributed by atoms with Gasteiger partial charge in [0, 0.05) is 11.4 Å². The Hall–Kier alpha value is -1.63. The molecule has 2 aromatic rings. The lowest BCUT2D eigenvalue weighted by molar-refractivity contribution is 1.12. The van der Waals surface area contributed by atoms with E-state index in [0.29, 0.717) is 0 Å². The Morgan fingerprint density at radius 3 is 2.07 bits per heavy atom. The molecule has 1 radical (unpaired) electrons. The van der Waals surface area contributed by atoms with Crippen molar-refractivity contribution in [1.82, 2.24) is 4.98 Å². The first-order valence-corrected chi connectivity index (χ1v) is 4.67. The summed E-state index contributed by atoms with van der Waals surface area (Å²) < 4.78 is 0. The Labute approximate surface area is 84.4 Å². The van der Waals surface area contributed by atoms with Crippen LogP contribution in [0.1, 0.15) is 11.4 Å². The molecule has 1 heterocycles. The first-order chi connectivity index (χ1) is 6.75. The lowest BCUT2D eigenvalue weighted by Crippen LogP contribution is -1.87. The van der Waals surface area contributed by atoms with Gasteiger partial charge in [-0.05, 0) is 43.2 Å². The van der Waals surface area contributed by atoms with E-state index in [-0.39, 0.29) is 0 Å². The fraction of sp³-hybridized carbons (Fsp3) is 0.154. The molecule has 1 nitrogen and oxygen atoms in total. The first kappa shape index (κ1) is 8.95. The molecular formula is C13H12N. The number of nitrogens with zero attached hydrogens (tertiary/aromatic N) is 1. The molecule has 1 heteroatoms. The van der Waals surface area contributed by atoms with Gasteiger partial charge in [-0.3, -0.25) is 4.98 Å². The van der Waals surface area contributed by atoms with Crippen LogP contribution in [0.25, 0.3) is 11.1 Å². The highest BCUT2D eigenvalue weighted by molar-refractivity contribution is 5.63. The van der Waals surface area contributed by atoms with E-state index in [1.54, 1.807) is 0 Å². The van der Waals surface area contributed by atoms with Gasteiger partial charge >= 0.3 is 0 Å². The third kappa shape index (κ3) is 1.82. The van der Waals surface area contributed by atoms with E-state index < -0.39 is 0 Å². The second kappa shape index (κ2) is 3.62. The van der Waals surface area contributed by atoms with Gasteiger partial charge in [0.2, 0.25) is 0 Å². The fourth-order valence-corrected chi connectivity index (χ4v) is 1.58. The number of aryl methyl sites for hydroxylation is 2. The minimum absolute atomic E-state index is 1.06. The van der Waals surface area contributed by atoms with Gasteiger partial charge in [0.25, 0.3) is 0 Å². The molecule has 1 aromatic carbocycles. The van der Waals surface area contributed by atoms with Crippen LogP contribution in [0.15, 0.2) is 36.4 Å². The summed E-state index contributed by atoms with van der Waals surface area (Å²) in [5, 5.41) is 0. The van der Waals surface area contributed by atoms with E-state index in [1.165, 1.54) is 11.1 Å². The van der Waals surface area contributed by atoms with Crippen molar-refractivity contribution in [1.29, 1.82) is 0 Å². The van der Waals surface area contributed by atoms with Crippen LogP contribution >= 0.6 is 0 Å². The van der Waals surface area contributed by atoms with Gasteiger partial charge in [-0.2, -0.15) is 0 Å². The number of hydrogen-bond donors (Lipinski definition) is 0. The topological polar surface area (TPSA) is 12.9 Å². The molecule has 0 N–H and O–H groups in total. The van der Waals surface area contributed by atoms with Crippen molar-refractivity contribution in [2.24, 2.45) is 0 Å². The van der Waals surface area contributed by atoms with E-state index >= 15 is 0 Å². The maximum absolute atomic E-state index is 4.35. The monoisotopic (exact) mass is 182 g/mol. The maximum Gasteiger partial charge on any atom is 0.0382 e. The summed E-state index contributed by atoms with van der Waals surface area (Å²) in [6.07, 6.45) is 0. The molecule has 69 valence electrons. The van der Waals surface area contributed by atoms with Gasteiger partial charge in [-0.15, -0.1) is 0 Å². The number of pyridine rings is 1. The molecule has 0 atom stereocenters. The van der Waals surface area contributed by atoms with Crippen molar-refractivity contribution in [2.75, 3.05) is 0 Å². The van der Waals surface area contributed by atoms with Crippen LogP contribution in [0.2, 0.25) is 0 Å². The predicted octanol–water partition coefficient (Wildman–Crippen LogP) is 3.17. The van der Waals surface area contributed by atoms with E-state index in [1.807, 2.05) is 26.0 Å². The first-order valence-electron chi connectivity index (χ1n) is 4.67. The third-order valence-corrected chi connectivity index (χ3v) is 2.13. The van der Waals surface area contributed by atoms with Crippen molar-refractivity contribution >= 4 is 0 Å². The van der Waals surface area contributed by atoms with Gasteiger partial charge in [-0.1, -0.05) is 24.3 Å². The van der Waals surface area contributed by atoms with E-state index in [2.05, 4.69) is 35.3 Å². The smallest absolute Gasteiger partial charge is 0.0382 e. The van der Waals surface area contributed by atoms with E-state index in [4.69, 9.17) is 0 Å². The molecule has 1 aromatic heterocycles. The van der Waals surface area contributed by atoms with Crippen molar-refractivity contribution in [3.63, 3.8) is 0 Å². The zero-order chi connectivity index (χ0) is 9.97. The van der Waals surface area contributed by atoms with E-state index in [9.17, 15) is 0 Å². The quantitative estimate of drug-likeness (QED) is 0.660. The number of benzene rings is 1. The van der Waals surface area contributed by atoms with Gasteiger partial charge < -0.3 is 0 Å². The average molecular weight is 182 g/mol. The molecule has 0 spiro atoms. The summed E-state index contributed by atoms with van der Waals surface area (Å²) in [6, 6.07) is 15.2. The van der Waals surface area contributed by atoms with E-state index in [0.717, 1.165) is 11.4 Å². The van der Waals surface area contributed by atoms with Crippen LogP contribution in [0.4, 0.5) is 0 Å². The standard InChI is InChI=1S/C13H12N/c1-10-8-13(9-11(2)14-10)12-6-4-3-5-7-12/h4-9H,1-2H3. The molecule has 0 amide bonds. The second-order valence-corrected chi connectivity index (χ2v) is 3.43. The summed E-state index contributed by atoms with van der Waals surface area (Å²) >= 11 is 0. The highest BCUT2D eigenvalue weighted by Crippen LogP contribution is 2.19. The maximum atomic E-state index is 4.35. The summed E-state index contributed by atoms with van der Waals surface area (Å²) in [4.78, 5) is 4.35. The van der Waals surface area contributed by atoms with Crippen LogP contribution < -0.4 is 0 Å². The Bertz CT molecular complexity index is 412. The van der Waals surface area contributed by atoms with Gasteiger partial charge in [-0.25, -0.2) is 0 Å². The van der Waals surface area contributed by atoms with Gasteiger partial charge in [0.15, 0.2) is 0 Å². The van der Waals surface area contributed by atoms with Gasteiger partial charge in [0.1, 0.15) is 0 Å². The zero-order valence-electron chi connectivity index (χ0n) is 8.41. The van der Waals surface area contributed by atoms with Crippen LogP contribution in [0, 0.1) is 19.9 Å². The summed E-state index contributed by atoms with van der Waals surface area (Å²) in [6.45, 7) is 4.04. The molecular weight excluding hydrogens is 170 g/mol. The lowest BCUT2D eigenvalue weighted by Gasteiger charge is -2.03. The highest BCUT2D eigenvalue weighted by Gasteiger charge is 1.98. The molecule has 0 saturated carbocycles. The number of aromatic nitrogens is 1. The normalized spacial score (nSPS) is 10.1. The number of hydrogen-bond acceptors (Lipinski definition) is 1. The molecule has 0 unspecified atom stereocenters. The van der Waals surface area contributed by atoms with Crippen molar-refractivity contribution < 1.29 is 0 Å². The lowest BCUT2D eigenvalue weighted by atomic mass is 10.1. The molecule has 14 heavy (non-hydrogen) atoms. The second-order valence-electron chi connectivity index (χ2n) is 3.43. The van der Waals surface area contributed by atoms with Crippen molar-refractivity contribution in [3.8, 4) is 11.1 Å². The molecule has 2 rings (SSSR count). The minimum Gasteiger partial charge on any atom is -0.258 e. The van der Waals surface area contributed by atoms with Gasteiger partial charge in [0.05, 0.1) is 0 Å². The van der Waals surface area contributed by atoms with Crippen molar-refractivity contribution in [2.45, 2.75) is 13.8 Å². The minimum atomic E-state index is 1.06. The summed E-state index contributed by atoms with van der Waals surface area (Å²) in [7, 11) is 0. The highest BCUT2D eigenvalue weighted by atomic mass is 14.7. The van der Waals surface area contributed by atoms with Crippen LogP contribution in [-0.2, 0) is 0 Å². The molecule has 0 aliphatic heterocycles. The Kier molecular flexibility index (Phi) is 2.32. The summed E-state index contributed by atoms with van der Waals surface area (Å²) in [5.74, 6) is 0. The fourth-order valence-electron chi connectivity index (χ4n) is 1.58. The van der Waals surface area contributed by atoms with Crippen molar-refractivity contribution in [3.05, 3.63) is 53.9 Å². The largest absolute Gasteiger partial charge is 0.258 e. The molecule has 0 saturated heterocycles. The Balaban J connectivity index is 2.52. The summed E-state index contributed by atoms with van der Waals surface area (Å²) in [5.41, 5.74) is 4.57. The van der Waals surface area contributed by atoms with Crippen LogP contribution in [-0.4, -0.2) is 4.98 Å².